The Bertz CT molecular complexity index is 187. The number of hydrogen-bond acceptors (Lipinski definition) is 3. The van der Waals surface area contributed by atoms with Gasteiger partial charge in [-0.05, 0) is 13.3 Å². The van der Waals surface area contributed by atoms with Gasteiger partial charge in [-0.1, -0.05) is 13.3 Å². The summed E-state index contributed by atoms with van der Waals surface area (Å²) in [7, 11) is 0. The van der Waals surface area contributed by atoms with Crippen LogP contribution in [0, 0.1) is 11.3 Å². The minimum Gasteiger partial charge on any atom is -0.372 e. The third-order valence-corrected chi connectivity index (χ3v) is 1.51. The number of amides is 1. The van der Waals surface area contributed by atoms with Crippen LogP contribution in [-0.4, -0.2) is 25.2 Å². The third kappa shape index (κ3) is 6.12. The molecule has 0 rings (SSSR count). The Labute approximate surface area is 78.9 Å². The maximum absolute atomic E-state index is 11.1. The number of carbonyl (C=O) groups is 1. The first-order valence-electron chi connectivity index (χ1n) is 4.51. The van der Waals surface area contributed by atoms with Crippen molar-refractivity contribution in [2.45, 2.75) is 32.7 Å². The van der Waals surface area contributed by atoms with E-state index in [0.717, 1.165) is 6.42 Å². The second-order valence-corrected chi connectivity index (χ2v) is 2.68. The maximum atomic E-state index is 11.1. The third-order valence-electron chi connectivity index (χ3n) is 1.51. The molecule has 0 saturated heterocycles. The number of nitrogens with one attached hydrogen (secondary N) is 1. The lowest BCUT2D eigenvalue weighted by atomic mass is 10.2. The topological polar surface area (TPSA) is 62.1 Å². The number of nitriles is 1. The van der Waals surface area contributed by atoms with Crippen molar-refractivity contribution >= 4 is 5.91 Å². The van der Waals surface area contributed by atoms with Crippen molar-refractivity contribution in [3.8, 4) is 6.07 Å². The average Bonchev–Trinajstić information content (AvgIpc) is 2.14. The number of ether oxygens (including phenoxy) is 1. The van der Waals surface area contributed by atoms with Crippen LogP contribution in [-0.2, 0) is 9.53 Å². The average molecular weight is 184 g/mol. The molecule has 1 unspecified atom stereocenters. The Morgan fingerprint density at radius 3 is 2.77 bits per heavy atom. The monoisotopic (exact) mass is 184 g/mol. The molecule has 0 spiro atoms. The predicted molar refractivity (Wildman–Crippen MR) is 48.9 cm³/mol. The molecule has 1 atom stereocenters. The quantitative estimate of drug-likeness (QED) is 0.665. The van der Waals surface area contributed by atoms with Crippen LogP contribution in [0.15, 0.2) is 0 Å². The molecule has 0 saturated carbocycles. The van der Waals surface area contributed by atoms with Crippen LogP contribution in [0.5, 0.6) is 0 Å². The zero-order valence-electron chi connectivity index (χ0n) is 8.17. The van der Waals surface area contributed by atoms with Crippen LogP contribution >= 0.6 is 0 Å². The molecule has 0 aromatic rings. The highest BCUT2D eigenvalue weighted by atomic mass is 16.5. The molecule has 0 aliphatic carbocycles. The van der Waals surface area contributed by atoms with Crippen LogP contribution in [0.25, 0.3) is 0 Å². The van der Waals surface area contributed by atoms with Crippen LogP contribution < -0.4 is 5.32 Å². The first kappa shape index (κ1) is 11.9. The van der Waals surface area contributed by atoms with E-state index in [0.29, 0.717) is 13.0 Å². The highest BCUT2D eigenvalue weighted by Crippen LogP contribution is 1.94. The van der Waals surface area contributed by atoms with Crippen molar-refractivity contribution in [1.29, 1.82) is 5.26 Å². The van der Waals surface area contributed by atoms with E-state index in [9.17, 15) is 4.79 Å². The van der Waals surface area contributed by atoms with Crippen LogP contribution in [0.4, 0.5) is 0 Å². The van der Waals surface area contributed by atoms with Crippen molar-refractivity contribution in [2.24, 2.45) is 0 Å². The molecule has 1 N–H and O–H groups in total. The summed E-state index contributed by atoms with van der Waals surface area (Å²) < 4.78 is 4.90. The smallest absolute Gasteiger partial charge is 0.247 e. The molecule has 0 aliphatic rings. The molecular formula is C9H16N2O2. The molecule has 1 amide bonds. The van der Waals surface area contributed by atoms with Gasteiger partial charge in [0.05, 0.1) is 6.07 Å². The largest absolute Gasteiger partial charge is 0.372 e. The van der Waals surface area contributed by atoms with Crippen LogP contribution in [0.2, 0.25) is 0 Å². The molecule has 4 heteroatoms. The molecule has 13 heavy (non-hydrogen) atoms. The molecule has 0 bridgehead atoms. The summed E-state index contributed by atoms with van der Waals surface area (Å²) in [5.74, 6) is -0.221. The first-order chi connectivity index (χ1) is 6.24. The zero-order chi connectivity index (χ0) is 10.1. The van der Waals surface area contributed by atoms with Gasteiger partial charge in [-0.15, -0.1) is 0 Å². The highest BCUT2D eigenvalue weighted by Gasteiger charge is 2.09. The molecule has 0 heterocycles. The number of nitrogens with zero attached hydrogens (tertiary/aromatic N) is 1. The van der Waals surface area contributed by atoms with Gasteiger partial charge < -0.3 is 10.1 Å². The van der Waals surface area contributed by atoms with E-state index >= 15 is 0 Å². The minimum absolute atomic E-state index is 0.0401. The summed E-state index contributed by atoms with van der Waals surface area (Å²) in [6.07, 6.45) is 1.57. The number of rotatable bonds is 6. The normalized spacial score (nSPS) is 11.8. The van der Waals surface area contributed by atoms with E-state index in [4.69, 9.17) is 10.00 Å². The molecule has 0 fully saturated rings. The van der Waals surface area contributed by atoms with E-state index in [2.05, 4.69) is 5.32 Å². The second-order valence-electron chi connectivity index (χ2n) is 2.68. The van der Waals surface area contributed by atoms with E-state index in [1.807, 2.05) is 19.9 Å². The van der Waals surface area contributed by atoms with Crippen LogP contribution in [0.3, 0.4) is 0 Å². The predicted octanol–water partition coefficient (Wildman–Crippen LogP) is 0.831. The standard InChI is InChI=1S/C9H16N2O2/c1-3-5-8(6-10)11-9(12)7-13-4-2/h8H,3-5,7H2,1-2H3,(H,11,12). The molecule has 0 aromatic heterocycles. The molecule has 0 radical (unpaired) electrons. The fraction of sp³-hybridized carbons (Fsp3) is 0.778. The summed E-state index contributed by atoms with van der Waals surface area (Å²) in [5.41, 5.74) is 0. The van der Waals surface area contributed by atoms with Crippen molar-refractivity contribution in [1.82, 2.24) is 5.32 Å². The van der Waals surface area contributed by atoms with Gasteiger partial charge in [0.25, 0.3) is 0 Å². The summed E-state index contributed by atoms with van der Waals surface area (Å²) in [5, 5.41) is 11.2. The van der Waals surface area contributed by atoms with Crippen LogP contribution in [0.1, 0.15) is 26.7 Å². The summed E-state index contributed by atoms with van der Waals surface area (Å²) in [6, 6.07) is 1.65. The Morgan fingerprint density at radius 1 is 1.62 bits per heavy atom. The zero-order valence-corrected chi connectivity index (χ0v) is 8.17. The molecule has 74 valence electrons. The summed E-state index contributed by atoms with van der Waals surface area (Å²) in [4.78, 5) is 11.1. The van der Waals surface area contributed by atoms with E-state index in [1.54, 1.807) is 0 Å². The first-order valence-corrected chi connectivity index (χ1v) is 4.51. The Kier molecular flexibility index (Phi) is 6.93. The number of hydrogen-bond donors (Lipinski definition) is 1. The Morgan fingerprint density at radius 2 is 2.31 bits per heavy atom. The molecular weight excluding hydrogens is 168 g/mol. The highest BCUT2D eigenvalue weighted by molar-refractivity contribution is 5.77. The van der Waals surface area contributed by atoms with Gasteiger partial charge in [0, 0.05) is 6.61 Å². The summed E-state index contributed by atoms with van der Waals surface area (Å²) in [6.45, 7) is 4.34. The van der Waals surface area contributed by atoms with Crippen molar-refractivity contribution < 1.29 is 9.53 Å². The van der Waals surface area contributed by atoms with Crippen molar-refractivity contribution in [2.75, 3.05) is 13.2 Å². The SMILES string of the molecule is CCCC(C#N)NC(=O)COCC. The summed E-state index contributed by atoms with van der Waals surface area (Å²) >= 11 is 0. The maximum Gasteiger partial charge on any atom is 0.247 e. The van der Waals surface area contributed by atoms with Gasteiger partial charge in [0.2, 0.25) is 5.91 Å². The minimum atomic E-state index is -0.377. The lowest BCUT2D eigenvalue weighted by Crippen LogP contribution is -2.36. The Balaban J connectivity index is 3.68. The van der Waals surface area contributed by atoms with Crippen molar-refractivity contribution in [3.63, 3.8) is 0 Å². The molecule has 0 aliphatic heterocycles. The van der Waals surface area contributed by atoms with Gasteiger partial charge in [-0.3, -0.25) is 4.79 Å². The Hall–Kier alpha value is -1.08. The number of carbonyl (C=O) groups excluding carboxylic acids is 1. The molecule has 0 aromatic carbocycles. The van der Waals surface area contributed by atoms with Gasteiger partial charge in [-0.2, -0.15) is 5.26 Å². The van der Waals surface area contributed by atoms with E-state index in [-0.39, 0.29) is 18.6 Å². The van der Waals surface area contributed by atoms with Gasteiger partial charge >= 0.3 is 0 Å². The lowest BCUT2D eigenvalue weighted by molar-refractivity contribution is -0.125. The fourth-order valence-corrected chi connectivity index (χ4v) is 0.888. The van der Waals surface area contributed by atoms with Gasteiger partial charge in [-0.25, -0.2) is 0 Å². The van der Waals surface area contributed by atoms with Gasteiger partial charge in [0.15, 0.2) is 0 Å². The lowest BCUT2D eigenvalue weighted by Gasteiger charge is -2.09. The molecule has 4 nitrogen and oxygen atoms in total. The van der Waals surface area contributed by atoms with Crippen molar-refractivity contribution in [3.05, 3.63) is 0 Å². The van der Waals surface area contributed by atoms with E-state index < -0.39 is 0 Å². The van der Waals surface area contributed by atoms with Gasteiger partial charge in [0.1, 0.15) is 12.6 Å². The van der Waals surface area contributed by atoms with E-state index in [1.165, 1.54) is 0 Å². The second kappa shape index (κ2) is 7.56. The fourth-order valence-electron chi connectivity index (χ4n) is 0.888.